The van der Waals surface area contributed by atoms with Crippen molar-refractivity contribution in [1.82, 2.24) is 0 Å². The minimum atomic E-state index is -3.36. The summed E-state index contributed by atoms with van der Waals surface area (Å²) in [5.41, 5.74) is 1.50. The second-order valence-electron chi connectivity index (χ2n) is 3.85. The first-order valence-electron chi connectivity index (χ1n) is 4.83. The molecule has 0 N–H and O–H groups in total. The van der Waals surface area contributed by atoms with Gasteiger partial charge in [0.15, 0.2) is 0 Å². The fourth-order valence-corrected chi connectivity index (χ4v) is 3.44. The Morgan fingerprint density at radius 2 is 1.67 bits per heavy atom. The summed E-state index contributed by atoms with van der Waals surface area (Å²) in [6.07, 6.45) is 0. The summed E-state index contributed by atoms with van der Waals surface area (Å²) in [7, 11) is -1.78. The second-order valence-corrected chi connectivity index (χ2v) is 5.69. The molecule has 1 heterocycles. The average molecular weight is 226 g/mol. The van der Waals surface area contributed by atoms with Crippen molar-refractivity contribution in [2.45, 2.75) is 19.9 Å². The first-order chi connectivity index (χ1) is 6.96. The molecule has 4 nitrogen and oxygen atoms in total. The number of fused-ring (bicyclic) bond motifs is 1. The Morgan fingerprint density at radius 3 is 2.20 bits per heavy atom. The molecule has 1 aliphatic rings. The van der Waals surface area contributed by atoms with E-state index in [1.165, 1.54) is 8.61 Å². The fraction of sp³-hybridized carbons (Fsp3) is 0.400. The van der Waals surface area contributed by atoms with Gasteiger partial charge in [-0.1, -0.05) is 12.1 Å². The SMILES string of the molecule is CC(C)N1c2ccccc2N(C)S1(=O)=O. The Balaban J connectivity index is 2.67. The lowest BCUT2D eigenvalue weighted by Crippen LogP contribution is -2.39. The van der Waals surface area contributed by atoms with E-state index in [1.807, 2.05) is 38.1 Å². The third-order valence-electron chi connectivity index (χ3n) is 2.52. The zero-order valence-corrected chi connectivity index (χ0v) is 9.82. The van der Waals surface area contributed by atoms with Crippen LogP contribution in [0.25, 0.3) is 0 Å². The van der Waals surface area contributed by atoms with Crippen molar-refractivity contribution in [3.63, 3.8) is 0 Å². The first-order valence-corrected chi connectivity index (χ1v) is 6.23. The Hall–Kier alpha value is -1.23. The number of nitrogens with zero attached hydrogens (tertiary/aromatic N) is 2. The molecule has 0 saturated carbocycles. The van der Waals surface area contributed by atoms with Crippen molar-refractivity contribution in [1.29, 1.82) is 0 Å². The van der Waals surface area contributed by atoms with Gasteiger partial charge < -0.3 is 0 Å². The molecule has 0 saturated heterocycles. The van der Waals surface area contributed by atoms with Gasteiger partial charge in [-0.3, -0.25) is 4.31 Å². The number of hydrogen-bond acceptors (Lipinski definition) is 2. The van der Waals surface area contributed by atoms with Gasteiger partial charge in [0.05, 0.1) is 11.4 Å². The summed E-state index contributed by atoms with van der Waals surface area (Å²) in [6, 6.07) is 7.27. The maximum atomic E-state index is 12.0. The molecule has 82 valence electrons. The molecular formula is C10H14N2O2S. The van der Waals surface area contributed by atoms with E-state index in [1.54, 1.807) is 7.05 Å². The van der Waals surface area contributed by atoms with E-state index in [-0.39, 0.29) is 6.04 Å². The topological polar surface area (TPSA) is 40.6 Å². The highest BCUT2D eigenvalue weighted by Crippen LogP contribution is 2.40. The van der Waals surface area contributed by atoms with Crippen molar-refractivity contribution in [2.75, 3.05) is 15.7 Å². The predicted molar refractivity (Wildman–Crippen MR) is 61.4 cm³/mol. The molecule has 0 amide bonds. The quantitative estimate of drug-likeness (QED) is 0.729. The first kappa shape index (κ1) is 10.3. The molecule has 5 heteroatoms. The van der Waals surface area contributed by atoms with Gasteiger partial charge in [0.25, 0.3) is 0 Å². The van der Waals surface area contributed by atoms with E-state index in [0.717, 1.165) is 11.4 Å². The van der Waals surface area contributed by atoms with Crippen LogP contribution in [0, 0.1) is 0 Å². The summed E-state index contributed by atoms with van der Waals surface area (Å²) in [5.74, 6) is 0. The number of benzene rings is 1. The van der Waals surface area contributed by atoms with Crippen LogP contribution >= 0.6 is 0 Å². The molecule has 0 fully saturated rings. The van der Waals surface area contributed by atoms with E-state index in [9.17, 15) is 8.42 Å². The third-order valence-corrected chi connectivity index (χ3v) is 4.53. The van der Waals surface area contributed by atoms with Gasteiger partial charge in [-0.25, -0.2) is 4.31 Å². The van der Waals surface area contributed by atoms with E-state index in [0.29, 0.717) is 0 Å². The Morgan fingerprint density at radius 1 is 1.13 bits per heavy atom. The largest absolute Gasteiger partial charge is 0.326 e. The van der Waals surface area contributed by atoms with Crippen LogP contribution in [0.4, 0.5) is 11.4 Å². The van der Waals surface area contributed by atoms with Gasteiger partial charge >= 0.3 is 10.2 Å². The molecule has 0 aliphatic carbocycles. The average Bonchev–Trinajstić information content (AvgIpc) is 2.35. The maximum absolute atomic E-state index is 12.0. The van der Waals surface area contributed by atoms with Gasteiger partial charge in [0, 0.05) is 13.1 Å². The van der Waals surface area contributed by atoms with Crippen molar-refractivity contribution in [2.24, 2.45) is 0 Å². The zero-order chi connectivity index (χ0) is 11.2. The summed E-state index contributed by atoms with van der Waals surface area (Å²) >= 11 is 0. The van der Waals surface area contributed by atoms with Crippen LogP contribution in [0.2, 0.25) is 0 Å². The van der Waals surface area contributed by atoms with Crippen molar-refractivity contribution in [3.05, 3.63) is 24.3 Å². The normalized spacial score (nSPS) is 18.4. The Kier molecular flexibility index (Phi) is 2.15. The van der Waals surface area contributed by atoms with Gasteiger partial charge in [0.2, 0.25) is 0 Å². The standard InChI is InChI=1S/C10H14N2O2S/c1-8(2)12-10-7-5-4-6-9(10)11(3)15(12,13)14/h4-8H,1-3H3. The van der Waals surface area contributed by atoms with Gasteiger partial charge in [-0.2, -0.15) is 8.42 Å². The van der Waals surface area contributed by atoms with Crippen LogP contribution in [-0.2, 0) is 10.2 Å². The van der Waals surface area contributed by atoms with Crippen LogP contribution in [0.1, 0.15) is 13.8 Å². The lowest BCUT2D eigenvalue weighted by Gasteiger charge is -2.22. The van der Waals surface area contributed by atoms with Crippen LogP contribution < -0.4 is 8.61 Å². The minimum Gasteiger partial charge on any atom is -0.254 e. The zero-order valence-electron chi connectivity index (χ0n) is 9.01. The number of anilines is 2. The number of hydrogen-bond donors (Lipinski definition) is 0. The lowest BCUT2D eigenvalue weighted by molar-refractivity contribution is 0.586. The summed E-state index contributed by atoms with van der Waals surface area (Å²) in [4.78, 5) is 0. The molecule has 0 unspecified atom stereocenters. The molecule has 1 aromatic carbocycles. The molecule has 2 rings (SSSR count). The maximum Gasteiger partial charge on any atom is 0.326 e. The highest BCUT2D eigenvalue weighted by Gasteiger charge is 2.38. The van der Waals surface area contributed by atoms with Crippen LogP contribution in [0.3, 0.4) is 0 Å². The molecule has 0 radical (unpaired) electrons. The minimum absolute atomic E-state index is 0.0684. The molecule has 1 aliphatic heterocycles. The lowest BCUT2D eigenvalue weighted by atomic mass is 10.2. The van der Waals surface area contributed by atoms with E-state index in [4.69, 9.17) is 0 Å². The Bertz CT molecular complexity index is 482. The summed E-state index contributed by atoms with van der Waals surface area (Å²) < 4.78 is 26.9. The number of rotatable bonds is 1. The molecule has 0 spiro atoms. The molecule has 0 atom stereocenters. The predicted octanol–water partition coefficient (Wildman–Crippen LogP) is 1.60. The Labute approximate surface area is 90.3 Å². The fourth-order valence-electron chi connectivity index (χ4n) is 1.84. The monoisotopic (exact) mass is 226 g/mol. The van der Waals surface area contributed by atoms with Crippen LogP contribution in [0.5, 0.6) is 0 Å². The highest BCUT2D eigenvalue weighted by atomic mass is 32.2. The molecular weight excluding hydrogens is 212 g/mol. The van der Waals surface area contributed by atoms with E-state index in [2.05, 4.69) is 0 Å². The van der Waals surface area contributed by atoms with E-state index < -0.39 is 10.2 Å². The third kappa shape index (κ3) is 1.30. The second kappa shape index (κ2) is 3.13. The van der Waals surface area contributed by atoms with E-state index >= 15 is 0 Å². The highest BCUT2D eigenvalue weighted by molar-refractivity contribution is 7.94. The van der Waals surface area contributed by atoms with Crippen molar-refractivity contribution in [3.8, 4) is 0 Å². The van der Waals surface area contributed by atoms with Crippen molar-refractivity contribution >= 4 is 21.6 Å². The molecule has 15 heavy (non-hydrogen) atoms. The summed E-state index contributed by atoms with van der Waals surface area (Å²) in [5, 5.41) is 0. The van der Waals surface area contributed by atoms with Gasteiger partial charge in [-0.05, 0) is 26.0 Å². The van der Waals surface area contributed by atoms with Crippen LogP contribution in [0.15, 0.2) is 24.3 Å². The number of para-hydroxylation sites is 2. The summed E-state index contributed by atoms with van der Waals surface area (Å²) in [6.45, 7) is 3.74. The van der Waals surface area contributed by atoms with Gasteiger partial charge in [-0.15, -0.1) is 0 Å². The molecule has 0 aromatic heterocycles. The smallest absolute Gasteiger partial charge is 0.254 e. The van der Waals surface area contributed by atoms with Crippen LogP contribution in [-0.4, -0.2) is 21.5 Å². The van der Waals surface area contributed by atoms with Crippen molar-refractivity contribution < 1.29 is 8.42 Å². The molecule has 1 aromatic rings. The van der Waals surface area contributed by atoms with Gasteiger partial charge in [0.1, 0.15) is 0 Å². The molecule has 0 bridgehead atoms.